The Kier molecular flexibility index (Phi) is 8.61. The van der Waals surface area contributed by atoms with Gasteiger partial charge in [0.25, 0.3) is 6.33 Å². The van der Waals surface area contributed by atoms with E-state index in [-0.39, 0.29) is 49.2 Å². The van der Waals surface area contributed by atoms with E-state index in [1.807, 2.05) is 61.7 Å². The summed E-state index contributed by atoms with van der Waals surface area (Å²) in [5, 5.41) is -9.63. The molecule has 0 N–H and O–H groups in total. The zero-order valence-electron chi connectivity index (χ0n) is 92.6. The van der Waals surface area contributed by atoms with E-state index in [4.69, 9.17) is 19.3 Å². The van der Waals surface area contributed by atoms with Crippen molar-refractivity contribution in [3.8, 4) is 50.9 Å². The quantitative estimate of drug-likeness (QED) is 0.0444. The summed E-state index contributed by atoms with van der Waals surface area (Å²) in [4.78, 5) is 4.80. The van der Waals surface area contributed by atoms with E-state index < -0.39 is 327 Å². The van der Waals surface area contributed by atoms with Crippen LogP contribution in [0.3, 0.4) is 0 Å². The number of imidazole rings is 1. The van der Waals surface area contributed by atoms with Gasteiger partial charge in [-0.2, -0.15) is 18.2 Å². The number of hydrogen-bond acceptors (Lipinski definition) is 2. The Balaban J connectivity index is 0.0000146. The number of para-hydroxylation sites is 1. The third kappa shape index (κ3) is 11.0. The van der Waals surface area contributed by atoms with Crippen LogP contribution in [-0.2, 0) is 26.5 Å². The molecule has 0 aliphatic heterocycles. The van der Waals surface area contributed by atoms with Crippen LogP contribution in [0.2, 0.25) is 0 Å². The molecule has 0 saturated carbocycles. The predicted molar refractivity (Wildman–Crippen MR) is 406 cm³/mol. The SMILES string of the molecule is [2H]c1c([2H])c([2H])c(-c2cc([Si](c3c([2H])c([2H])c([2H])c([2H])c3[2H])(c3c([2H])c([2H])c([2H])c([2H])c3[2H])c3c([2H])c([2H])c([2H])c([2H])c3[2H])c(-[n+]3[c-]n(-c4[c-]c(Oc5[c-]c6c(cc5)c5ccccc5n6-c5cc(C(C)(C)C)ccn5)ccc4)c4cc(-c5c(C([2H])([2H])[2H])cccc5C([2H])([2H])[2H])ccc43)c([Si](c3c([2H])c([2H])c([2H])c([2H])c3[2H])(c3c([2H])c([2H])c([2H])c([2H])c3[2H])c3c([2H])c([2H])c([2H])c([2H])c3[2H])c2)c([2H])c1[2H].[Pt]. The Morgan fingerprint density at radius 3 is 1.48 bits per heavy atom. The van der Waals surface area contributed by atoms with Gasteiger partial charge in [-0.3, -0.25) is 4.57 Å². The summed E-state index contributed by atoms with van der Waals surface area (Å²) in [5.41, 5.74) is -5.26. The largest absolute Gasteiger partial charge is 0.510 e. The van der Waals surface area contributed by atoms with Crippen LogP contribution in [0.4, 0.5) is 0 Å². The minimum Gasteiger partial charge on any atom is -0.510 e. The van der Waals surface area contributed by atoms with Gasteiger partial charge in [0.2, 0.25) is 0 Å². The van der Waals surface area contributed by atoms with Crippen molar-refractivity contribution in [2.75, 3.05) is 0 Å². The van der Waals surface area contributed by atoms with Crippen molar-refractivity contribution in [1.82, 2.24) is 14.1 Å². The second kappa shape index (κ2) is 26.3. The predicted octanol–water partition coefficient (Wildman–Crippen LogP) is 15.6. The van der Waals surface area contributed by atoms with E-state index >= 15 is 0 Å². The number of hydrogen-bond donors (Lipinski definition) is 0. The Bertz CT molecular complexity index is 7240. The van der Waals surface area contributed by atoms with Gasteiger partial charge in [0.15, 0.2) is 16.1 Å². The van der Waals surface area contributed by atoms with Gasteiger partial charge in [-0.25, -0.2) is 4.98 Å². The number of pyridine rings is 1. The normalized spacial score (nSPS) is 18.0. The van der Waals surface area contributed by atoms with Gasteiger partial charge in [-0.05, 0) is 135 Å². The standard InChI is InChI=1S/C90H70N4OSi2.Pt/c1-64-31-29-32-65(2)88(64)67-51-54-82-84(57-67)92(70-35-30-36-71(61-70)95-72-52-53-80-79-49-27-28-50-81(79)94(83(80)62-72)87-60-69(55-56-91-87)90(3,4)5)63-93(82)89-85(96(73-37-15-7-16-38-73,74-39-17-8-18-40-74)75-41-19-9-20-42-75)58-68(66-33-13-6-14-34-66)59-86(89)97(76-43-21-10-22-44-76,77-45-23-11-24-46-77)78-47-25-12-26-48-78;/h6-60H,1-5H3;/q-2;/i1D3,2D3,6D,7D,8D,9D,10D,11D,12D,13D,14D,15D,16D,17D,18D,19D,20D,21D,22D,23D,24D,25D,26D,33D,34D,37D,38D,39D,40D,41D,42D,43D,44D,45D,46D,47D,48D;. The molecule has 0 fully saturated rings. The van der Waals surface area contributed by atoms with Crippen LogP contribution in [0, 0.1) is 32.2 Å². The van der Waals surface area contributed by atoms with Gasteiger partial charge in [0, 0.05) is 52.5 Å². The molecule has 16 aromatic rings. The van der Waals surface area contributed by atoms with Crippen LogP contribution < -0.4 is 50.8 Å². The van der Waals surface area contributed by atoms with E-state index in [0.29, 0.717) is 34.4 Å². The molecule has 98 heavy (non-hydrogen) atoms. The van der Waals surface area contributed by atoms with E-state index in [9.17, 15) is 46.6 Å². The Morgan fingerprint density at radius 1 is 0.459 bits per heavy atom. The molecule has 0 saturated heterocycles. The number of nitrogens with zero attached hydrogens (tertiary/aromatic N) is 4. The first-order chi connectivity index (χ1) is 64.5. The third-order valence-electron chi connectivity index (χ3n) is 16.8. The van der Waals surface area contributed by atoms with E-state index in [2.05, 4.69) is 18.5 Å². The average Bonchev–Trinajstić information content (AvgIpc) is 1.52. The summed E-state index contributed by atoms with van der Waals surface area (Å²) in [5.74, 6) is 0.231. The molecule has 0 aliphatic carbocycles. The van der Waals surface area contributed by atoms with Crippen LogP contribution in [0.1, 0.15) is 93.7 Å². The average molecular weight is 1520 g/mol. The van der Waals surface area contributed by atoms with Crippen molar-refractivity contribution in [1.29, 1.82) is 0 Å². The smallest absolute Gasteiger partial charge is 0.268 e. The number of ether oxygens (including phenoxy) is 1. The fourth-order valence-electron chi connectivity index (χ4n) is 12.6. The molecule has 3 heterocycles. The van der Waals surface area contributed by atoms with Crippen molar-refractivity contribution in [2.45, 2.75) is 39.9 Å². The molecule has 0 radical (unpaired) electrons. The molecule has 0 spiro atoms. The summed E-state index contributed by atoms with van der Waals surface area (Å²) in [6.07, 6.45) is 4.83. The zero-order chi connectivity index (χ0) is 101. The van der Waals surface area contributed by atoms with Crippen LogP contribution in [0.5, 0.6) is 11.5 Å². The molecule has 476 valence electrons. The molecule has 5 nitrogen and oxygen atoms in total. The van der Waals surface area contributed by atoms with Crippen LogP contribution >= 0.6 is 0 Å². The summed E-state index contributed by atoms with van der Waals surface area (Å²) in [7, 11) is -14.8. The van der Waals surface area contributed by atoms with Crippen LogP contribution in [0.15, 0.2) is 333 Å². The number of aryl methyl sites for hydroxylation is 2. The molecule has 0 amide bonds. The molecular weight excluding hydrogens is 1400 g/mol. The minimum atomic E-state index is -7.41. The van der Waals surface area contributed by atoms with E-state index in [0.717, 1.165) is 56.5 Å². The first-order valence-electron chi connectivity index (χ1n) is 50.5. The van der Waals surface area contributed by atoms with Gasteiger partial charge in [0.05, 0.1) is 64.7 Å². The molecule has 0 bridgehead atoms. The molecule has 8 heteroatoms. The number of fused-ring (bicyclic) bond motifs is 4. The Morgan fingerprint density at radius 2 is 0.959 bits per heavy atom. The molecule has 0 aliphatic rings. The summed E-state index contributed by atoms with van der Waals surface area (Å²) >= 11 is 0. The van der Waals surface area contributed by atoms with Gasteiger partial charge in [0.1, 0.15) is 5.82 Å². The molecule has 0 atom stereocenters. The van der Waals surface area contributed by atoms with Crippen molar-refractivity contribution in [3.63, 3.8) is 0 Å². The molecular formula is C90H70N4OPtSi2-2. The maximum atomic E-state index is 10.6. The van der Waals surface area contributed by atoms with Crippen LogP contribution in [-0.4, -0.2) is 30.3 Å². The second-order valence-corrected chi connectivity index (χ2v) is 30.3. The van der Waals surface area contributed by atoms with E-state index in [1.54, 1.807) is 18.3 Å². The fraction of sp³-hybridized carbons (Fsp3) is 0.0667. The molecule has 13 aromatic carbocycles. The molecule has 16 rings (SSSR count). The van der Waals surface area contributed by atoms with Gasteiger partial charge >= 0.3 is 0 Å². The van der Waals surface area contributed by atoms with Crippen molar-refractivity contribution in [2.24, 2.45) is 0 Å². The first kappa shape index (κ1) is 32.0. The zero-order valence-corrected chi connectivity index (χ0v) is 55.8. The van der Waals surface area contributed by atoms with Gasteiger partial charge in [-0.1, -0.05) is 298 Å². The summed E-state index contributed by atoms with van der Waals surface area (Å²) < 4.78 is 414. The molecule has 0 unspecified atom stereocenters. The van der Waals surface area contributed by atoms with Crippen molar-refractivity contribution < 1.29 is 86.6 Å². The maximum Gasteiger partial charge on any atom is 0.268 e. The number of aromatic nitrogens is 4. The topological polar surface area (TPSA) is 35.9 Å². The Hall–Kier alpha value is -10.8. The second-order valence-electron chi connectivity index (χ2n) is 23.2. The monoisotopic (exact) mass is 1510 g/mol. The maximum absolute atomic E-state index is 10.6. The van der Waals surface area contributed by atoms with Gasteiger partial charge < -0.3 is 13.9 Å². The van der Waals surface area contributed by atoms with Gasteiger partial charge in [-0.15, -0.1) is 29.7 Å². The number of rotatable bonds is 15. The van der Waals surface area contributed by atoms with E-state index in [1.165, 1.54) is 18.2 Å². The van der Waals surface area contributed by atoms with Crippen molar-refractivity contribution >= 4 is 90.5 Å². The van der Waals surface area contributed by atoms with Crippen molar-refractivity contribution in [3.05, 3.63) is 368 Å². The first-order valence-corrected chi connectivity index (χ1v) is 34.0. The summed E-state index contributed by atoms with van der Waals surface area (Å²) in [6, 6.07) is -16.2. The third-order valence-corrected chi connectivity index (χ3v) is 25.2. The minimum absolute atomic E-state index is 0. The summed E-state index contributed by atoms with van der Waals surface area (Å²) in [6.45, 7) is -0.367. The fourth-order valence-corrected chi connectivity index (χ4v) is 20.8. The number of benzene rings is 13. The Labute approximate surface area is 648 Å². The molecule has 3 aromatic heterocycles. The van der Waals surface area contributed by atoms with Crippen LogP contribution in [0.25, 0.3) is 72.3 Å².